The molecular weight excluding hydrogens is 361 g/mol. The van der Waals surface area contributed by atoms with Gasteiger partial charge in [-0.3, -0.25) is 0 Å². The molecule has 0 N–H and O–H groups in total. The highest BCUT2D eigenvalue weighted by Crippen LogP contribution is 2.41. The third-order valence-electron chi connectivity index (χ3n) is 5.17. The van der Waals surface area contributed by atoms with Crippen molar-refractivity contribution >= 4 is 11.9 Å². The summed E-state index contributed by atoms with van der Waals surface area (Å²) in [6, 6.07) is 0. The number of carbonyl (C=O) groups excluding carboxylic acids is 1. The first-order valence-corrected chi connectivity index (χ1v) is 9.10. The second kappa shape index (κ2) is 6.83. The van der Waals surface area contributed by atoms with E-state index in [2.05, 4.69) is 9.97 Å². The predicted molar refractivity (Wildman–Crippen MR) is 93.3 cm³/mol. The fourth-order valence-electron chi connectivity index (χ4n) is 3.66. The van der Waals surface area contributed by atoms with Crippen LogP contribution >= 0.6 is 0 Å². The van der Waals surface area contributed by atoms with Gasteiger partial charge in [0, 0.05) is 26.2 Å². The monoisotopic (exact) mass is 386 g/mol. The lowest BCUT2D eigenvalue weighted by Gasteiger charge is -2.39. The number of amides is 1. The van der Waals surface area contributed by atoms with Crippen molar-refractivity contribution < 1.29 is 22.7 Å². The molecule has 0 radical (unpaired) electrons. The van der Waals surface area contributed by atoms with Gasteiger partial charge in [-0.05, 0) is 45.4 Å². The van der Waals surface area contributed by atoms with Crippen molar-refractivity contribution in [2.45, 2.75) is 51.8 Å². The second-order valence-electron chi connectivity index (χ2n) is 8.40. The predicted octanol–water partition coefficient (Wildman–Crippen LogP) is 3.72. The molecule has 1 amide bonds. The van der Waals surface area contributed by atoms with Gasteiger partial charge in [0.25, 0.3) is 0 Å². The van der Waals surface area contributed by atoms with Gasteiger partial charge in [-0.1, -0.05) is 0 Å². The summed E-state index contributed by atoms with van der Waals surface area (Å²) in [6.45, 7) is 8.23. The highest BCUT2D eigenvalue weighted by Gasteiger charge is 2.42. The van der Waals surface area contributed by atoms with E-state index in [1.54, 1.807) is 4.90 Å². The van der Waals surface area contributed by atoms with Crippen LogP contribution in [0.5, 0.6) is 0 Å². The molecule has 0 saturated carbocycles. The Bertz CT molecular complexity index is 677. The first kappa shape index (κ1) is 19.7. The summed E-state index contributed by atoms with van der Waals surface area (Å²) < 4.78 is 43.3. The van der Waals surface area contributed by atoms with Crippen molar-refractivity contribution in [2.75, 3.05) is 31.1 Å². The van der Waals surface area contributed by atoms with Gasteiger partial charge in [0.1, 0.15) is 11.4 Å². The van der Waals surface area contributed by atoms with Gasteiger partial charge in [0.2, 0.25) is 0 Å². The number of piperidine rings is 1. The minimum atomic E-state index is -4.48. The molecule has 3 rings (SSSR count). The number of nitrogens with zero attached hydrogens (tertiary/aromatic N) is 4. The van der Waals surface area contributed by atoms with Crippen LogP contribution in [-0.4, -0.2) is 52.7 Å². The quantitative estimate of drug-likeness (QED) is 0.736. The molecule has 9 heteroatoms. The van der Waals surface area contributed by atoms with E-state index in [-0.39, 0.29) is 11.5 Å². The Morgan fingerprint density at radius 3 is 2.22 bits per heavy atom. The summed E-state index contributed by atoms with van der Waals surface area (Å²) in [5, 5.41) is 0. The largest absolute Gasteiger partial charge is 0.444 e. The van der Waals surface area contributed by atoms with Crippen LogP contribution in [0.15, 0.2) is 12.4 Å². The SMILES string of the molecule is CC(C)(C)OC(=O)N1CCC2(CC1)CCN(c1cnc(C(F)(F)F)cn1)C2. The first-order chi connectivity index (χ1) is 12.5. The summed E-state index contributed by atoms with van der Waals surface area (Å²) in [5.74, 6) is 0.467. The topological polar surface area (TPSA) is 58.6 Å². The maximum atomic E-state index is 12.6. The summed E-state index contributed by atoms with van der Waals surface area (Å²) in [7, 11) is 0. The number of alkyl halides is 3. The smallest absolute Gasteiger partial charge is 0.434 e. The van der Waals surface area contributed by atoms with E-state index in [1.165, 1.54) is 6.20 Å². The molecule has 0 aliphatic carbocycles. The van der Waals surface area contributed by atoms with E-state index >= 15 is 0 Å². The van der Waals surface area contributed by atoms with Crippen LogP contribution in [0.1, 0.15) is 45.7 Å². The molecule has 0 unspecified atom stereocenters. The zero-order valence-corrected chi connectivity index (χ0v) is 15.8. The molecule has 0 atom stereocenters. The first-order valence-electron chi connectivity index (χ1n) is 9.10. The molecule has 2 saturated heterocycles. The van der Waals surface area contributed by atoms with Gasteiger partial charge >= 0.3 is 12.3 Å². The van der Waals surface area contributed by atoms with Crippen molar-refractivity contribution in [1.82, 2.24) is 14.9 Å². The normalized spacial score (nSPS) is 20.2. The summed E-state index contributed by atoms with van der Waals surface area (Å²) in [4.78, 5) is 23.4. The Labute approximate surface area is 156 Å². The van der Waals surface area contributed by atoms with Crippen LogP contribution < -0.4 is 4.90 Å². The van der Waals surface area contributed by atoms with Crippen molar-refractivity contribution in [2.24, 2.45) is 5.41 Å². The van der Waals surface area contributed by atoms with Crippen LogP contribution in [-0.2, 0) is 10.9 Å². The number of ether oxygens (including phenoxy) is 1. The van der Waals surface area contributed by atoms with Crippen molar-refractivity contribution in [3.8, 4) is 0 Å². The fraction of sp³-hybridized carbons (Fsp3) is 0.722. The van der Waals surface area contributed by atoms with Gasteiger partial charge in [-0.2, -0.15) is 13.2 Å². The molecule has 0 aromatic carbocycles. The summed E-state index contributed by atoms with van der Waals surface area (Å²) >= 11 is 0. The van der Waals surface area contributed by atoms with E-state index < -0.39 is 17.5 Å². The number of hydrogen-bond donors (Lipinski definition) is 0. The Morgan fingerprint density at radius 2 is 1.70 bits per heavy atom. The van der Waals surface area contributed by atoms with Gasteiger partial charge in [0.15, 0.2) is 5.69 Å². The molecule has 1 aromatic heterocycles. The Hall–Kier alpha value is -2.06. The molecule has 2 aliphatic heterocycles. The van der Waals surface area contributed by atoms with Crippen LogP contribution in [0, 0.1) is 5.41 Å². The molecule has 2 fully saturated rings. The number of carbonyl (C=O) groups is 1. The lowest BCUT2D eigenvalue weighted by molar-refractivity contribution is -0.141. The van der Waals surface area contributed by atoms with Crippen LogP contribution in [0.2, 0.25) is 0 Å². The Kier molecular flexibility index (Phi) is 4.98. The molecule has 3 heterocycles. The van der Waals surface area contributed by atoms with Gasteiger partial charge in [0.05, 0.1) is 12.4 Å². The molecule has 6 nitrogen and oxygen atoms in total. The zero-order valence-electron chi connectivity index (χ0n) is 15.8. The number of aromatic nitrogens is 2. The molecule has 1 aromatic rings. The number of hydrogen-bond acceptors (Lipinski definition) is 5. The lowest BCUT2D eigenvalue weighted by Crippen LogP contribution is -2.46. The van der Waals surface area contributed by atoms with E-state index in [9.17, 15) is 18.0 Å². The van der Waals surface area contributed by atoms with Crippen molar-refractivity contribution in [1.29, 1.82) is 0 Å². The maximum absolute atomic E-state index is 12.6. The van der Waals surface area contributed by atoms with E-state index in [4.69, 9.17) is 4.74 Å². The average molecular weight is 386 g/mol. The third-order valence-corrected chi connectivity index (χ3v) is 5.17. The summed E-state index contributed by atoms with van der Waals surface area (Å²) in [6.07, 6.45) is -0.179. The number of halogens is 3. The highest BCUT2D eigenvalue weighted by molar-refractivity contribution is 5.68. The van der Waals surface area contributed by atoms with E-state index in [1.807, 2.05) is 25.7 Å². The highest BCUT2D eigenvalue weighted by atomic mass is 19.4. The maximum Gasteiger partial charge on any atom is 0.434 e. The minimum absolute atomic E-state index is 0.0584. The van der Waals surface area contributed by atoms with Crippen LogP contribution in [0.4, 0.5) is 23.8 Å². The number of likely N-dealkylation sites (tertiary alicyclic amines) is 1. The lowest BCUT2D eigenvalue weighted by atomic mass is 9.78. The number of rotatable bonds is 1. The average Bonchev–Trinajstić information content (AvgIpc) is 2.97. The Morgan fingerprint density at radius 1 is 1.07 bits per heavy atom. The van der Waals surface area contributed by atoms with Crippen molar-refractivity contribution in [3.05, 3.63) is 18.1 Å². The molecule has 0 bridgehead atoms. The molecule has 2 aliphatic rings. The van der Waals surface area contributed by atoms with Crippen LogP contribution in [0.3, 0.4) is 0 Å². The third kappa shape index (κ3) is 4.62. The summed E-state index contributed by atoms with van der Waals surface area (Å²) in [5.41, 5.74) is -1.44. The Balaban J connectivity index is 1.58. The van der Waals surface area contributed by atoms with Crippen LogP contribution in [0.25, 0.3) is 0 Å². The molecule has 27 heavy (non-hydrogen) atoms. The number of anilines is 1. The van der Waals surface area contributed by atoms with Crippen molar-refractivity contribution in [3.63, 3.8) is 0 Å². The second-order valence-corrected chi connectivity index (χ2v) is 8.40. The fourth-order valence-corrected chi connectivity index (χ4v) is 3.66. The van der Waals surface area contributed by atoms with Gasteiger partial charge in [-0.25, -0.2) is 14.8 Å². The molecule has 1 spiro atoms. The molecular formula is C18H25F3N4O2. The minimum Gasteiger partial charge on any atom is -0.444 e. The standard InChI is InChI=1S/C18H25F3N4O2/c1-16(2,3)27-15(26)24-7-4-17(5-8-24)6-9-25(12-17)14-11-22-13(10-23-14)18(19,20)21/h10-11H,4-9,12H2,1-3H3. The van der Waals surface area contributed by atoms with Gasteiger partial charge < -0.3 is 14.5 Å². The van der Waals surface area contributed by atoms with E-state index in [0.29, 0.717) is 18.9 Å². The van der Waals surface area contributed by atoms with E-state index in [0.717, 1.165) is 38.5 Å². The zero-order chi connectivity index (χ0) is 19.9. The molecule has 150 valence electrons. The van der Waals surface area contributed by atoms with Gasteiger partial charge in [-0.15, -0.1) is 0 Å².